The number of nitrogens with one attached hydrogen (secondary N) is 2. The van der Waals surface area contributed by atoms with Crippen molar-refractivity contribution in [3.8, 4) is 17.3 Å². The molecule has 0 unspecified atom stereocenters. The van der Waals surface area contributed by atoms with E-state index < -0.39 is 0 Å². The summed E-state index contributed by atoms with van der Waals surface area (Å²) < 4.78 is 0. The van der Waals surface area contributed by atoms with Crippen molar-refractivity contribution in [2.45, 2.75) is 25.8 Å². The van der Waals surface area contributed by atoms with Crippen molar-refractivity contribution in [3.63, 3.8) is 0 Å². The number of aromatic nitrogens is 2. The standard InChI is InChI=1S/C24H23N5O2/c1-16-4-2-3-5-20(16)21-14-22(28-27-21)24(31)29-12-10-19(11-13-29)26-23(30)18-8-6-17(15-25)7-9-18/h2-9,14,19H,10-13H2,1H3,(H,26,30)(H,27,28). The molecule has 1 aliphatic rings. The number of carbonyl (C=O) groups is 2. The normalized spacial score (nSPS) is 14.1. The van der Waals surface area contributed by atoms with Gasteiger partial charge in [0.15, 0.2) is 0 Å². The highest BCUT2D eigenvalue weighted by atomic mass is 16.2. The minimum atomic E-state index is -0.161. The van der Waals surface area contributed by atoms with E-state index in [1.54, 1.807) is 35.2 Å². The lowest BCUT2D eigenvalue weighted by Crippen LogP contribution is -2.46. The zero-order valence-electron chi connectivity index (χ0n) is 17.3. The van der Waals surface area contributed by atoms with E-state index in [9.17, 15) is 9.59 Å². The number of rotatable bonds is 4. The summed E-state index contributed by atoms with van der Waals surface area (Å²) in [6, 6.07) is 18.3. The fourth-order valence-electron chi connectivity index (χ4n) is 3.79. The summed E-state index contributed by atoms with van der Waals surface area (Å²) in [6.45, 7) is 3.15. The molecule has 0 atom stereocenters. The second-order valence-electron chi connectivity index (χ2n) is 7.71. The molecule has 2 aromatic carbocycles. The number of carbonyl (C=O) groups excluding carboxylic acids is 2. The van der Waals surface area contributed by atoms with Gasteiger partial charge in [0.05, 0.1) is 17.3 Å². The predicted molar refractivity (Wildman–Crippen MR) is 116 cm³/mol. The van der Waals surface area contributed by atoms with Crippen molar-refractivity contribution in [1.82, 2.24) is 20.4 Å². The van der Waals surface area contributed by atoms with Gasteiger partial charge in [-0.15, -0.1) is 0 Å². The maximum Gasteiger partial charge on any atom is 0.271 e. The Morgan fingerprint density at radius 3 is 2.52 bits per heavy atom. The smallest absolute Gasteiger partial charge is 0.271 e. The number of aryl methyl sites for hydroxylation is 1. The monoisotopic (exact) mass is 413 g/mol. The van der Waals surface area contributed by atoms with E-state index in [1.165, 1.54) is 0 Å². The van der Waals surface area contributed by atoms with E-state index in [1.807, 2.05) is 37.3 Å². The van der Waals surface area contributed by atoms with Crippen molar-refractivity contribution in [2.24, 2.45) is 0 Å². The van der Waals surface area contributed by atoms with Crippen molar-refractivity contribution in [1.29, 1.82) is 5.26 Å². The van der Waals surface area contributed by atoms with Crippen LogP contribution in [-0.2, 0) is 0 Å². The Balaban J connectivity index is 1.33. The number of piperidine rings is 1. The molecule has 1 fully saturated rings. The van der Waals surface area contributed by atoms with Gasteiger partial charge < -0.3 is 10.2 Å². The Morgan fingerprint density at radius 1 is 1.13 bits per heavy atom. The topological polar surface area (TPSA) is 102 Å². The van der Waals surface area contributed by atoms with E-state index in [-0.39, 0.29) is 17.9 Å². The number of nitrogens with zero attached hydrogens (tertiary/aromatic N) is 3. The van der Waals surface area contributed by atoms with Gasteiger partial charge >= 0.3 is 0 Å². The van der Waals surface area contributed by atoms with Crippen LogP contribution in [0.1, 0.15) is 44.8 Å². The van der Waals surface area contributed by atoms with Gasteiger partial charge in [0.2, 0.25) is 0 Å². The van der Waals surface area contributed by atoms with Crippen LogP contribution >= 0.6 is 0 Å². The number of aromatic amines is 1. The second-order valence-corrected chi connectivity index (χ2v) is 7.71. The van der Waals surface area contributed by atoms with Gasteiger partial charge in [-0.1, -0.05) is 24.3 Å². The van der Waals surface area contributed by atoms with E-state index in [0.29, 0.717) is 42.8 Å². The van der Waals surface area contributed by atoms with Gasteiger partial charge in [-0.05, 0) is 55.7 Å². The number of benzene rings is 2. The SMILES string of the molecule is Cc1ccccc1-c1cc(C(=O)N2CCC(NC(=O)c3ccc(C#N)cc3)CC2)[nH]n1. The van der Waals surface area contributed by atoms with E-state index in [4.69, 9.17) is 5.26 Å². The van der Waals surface area contributed by atoms with Crippen molar-refractivity contribution >= 4 is 11.8 Å². The summed E-state index contributed by atoms with van der Waals surface area (Å²) in [7, 11) is 0. The van der Waals surface area contributed by atoms with Crippen LogP contribution in [0.3, 0.4) is 0 Å². The summed E-state index contributed by atoms with van der Waals surface area (Å²) >= 11 is 0. The van der Waals surface area contributed by atoms with Crippen LogP contribution in [0.5, 0.6) is 0 Å². The molecule has 0 spiro atoms. The van der Waals surface area contributed by atoms with Gasteiger partial charge in [-0.2, -0.15) is 10.4 Å². The van der Waals surface area contributed by atoms with Crippen LogP contribution in [0.15, 0.2) is 54.6 Å². The molecule has 2 N–H and O–H groups in total. The fourth-order valence-corrected chi connectivity index (χ4v) is 3.79. The van der Waals surface area contributed by atoms with Crippen molar-refractivity contribution in [3.05, 3.63) is 77.0 Å². The number of hydrogen-bond donors (Lipinski definition) is 2. The highest BCUT2D eigenvalue weighted by molar-refractivity contribution is 5.95. The van der Waals surface area contributed by atoms with Crippen molar-refractivity contribution < 1.29 is 9.59 Å². The molecule has 0 radical (unpaired) electrons. The molecular formula is C24H23N5O2. The van der Waals surface area contributed by atoms with Gasteiger partial charge in [-0.25, -0.2) is 0 Å². The second kappa shape index (κ2) is 8.84. The lowest BCUT2D eigenvalue weighted by atomic mass is 10.0. The molecule has 1 aliphatic heterocycles. The van der Waals surface area contributed by atoms with Crippen LogP contribution in [0, 0.1) is 18.3 Å². The van der Waals surface area contributed by atoms with Crippen molar-refractivity contribution in [2.75, 3.05) is 13.1 Å². The molecule has 7 nitrogen and oxygen atoms in total. The van der Waals surface area contributed by atoms with Crippen LogP contribution < -0.4 is 5.32 Å². The van der Waals surface area contributed by atoms with Crippen LogP contribution in [0.4, 0.5) is 0 Å². The van der Waals surface area contributed by atoms with Crippen LogP contribution in [0.2, 0.25) is 0 Å². The van der Waals surface area contributed by atoms with E-state index in [2.05, 4.69) is 15.5 Å². The number of H-pyrrole nitrogens is 1. The van der Waals surface area contributed by atoms with Crippen LogP contribution in [-0.4, -0.2) is 46.0 Å². The van der Waals surface area contributed by atoms with Gasteiger partial charge in [0.25, 0.3) is 11.8 Å². The molecule has 2 heterocycles. The molecule has 7 heteroatoms. The average molecular weight is 413 g/mol. The number of nitriles is 1. The number of hydrogen-bond acceptors (Lipinski definition) is 4. The first-order valence-electron chi connectivity index (χ1n) is 10.3. The minimum Gasteiger partial charge on any atom is -0.349 e. The maximum atomic E-state index is 12.9. The molecule has 2 amide bonds. The third-order valence-corrected chi connectivity index (χ3v) is 5.62. The molecular weight excluding hydrogens is 390 g/mol. The Hall–Kier alpha value is -3.92. The van der Waals surface area contributed by atoms with E-state index in [0.717, 1.165) is 16.8 Å². The van der Waals surface area contributed by atoms with Gasteiger partial charge in [0.1, 0.15) is 5.69 Å². The molecule has 0 aliphatic carbocycles. The molecule has 0 bridgehead atoms. The number of amides is 2. The Morgan fingerprint density at radius 2 is 1.84 bits per heavy atom. The maximum absolute atomic E-state index is 12.9. The lowest BCUT2D eigenvalue weighted by molar-refractivity contribution is 0.0692. The molecule has 156 valence electrons. The number of likely N-dealkylation sites (tertiary alicyclic amines) is 1. The molecule has 3 aromatic rings. The molecule has 31 heavy (non-hydrogen) atoms. The zero-order valence-corrected chi connectivity index (χ0v) is 17.3. The summed E-state index contributed by atoms with van der Waals surface area (Å²) in [5.74, 6) is -0.241. The first kappa shape index (κ1) is 20.4. The predicted octanol–water partition coefficient (Wildman–Crippen LogP) is 3.29. The summed E-state index contributed by atoms with van der Waals surface area (Å²) in [5.41, 5.74) is 4.38. The Kier molecular flexibility index (Phi) is 5.80. The Bertz CT molecular complexity index is 1140. The minimum absolute atomic E-state index is 0.0106. The molecule has 0 saturated carbocycles. The third-order valence-electron chi connectivity index (χ3n) is 5.62. The highest BCUT2D eigenvalue weighted by Crippen LogP contribution is 2.22. The first-order chi connectivity index (χ1) is 15.0. The summed E-state index contributed by atoms with van der Waals surface area (Å²) in [6.07, 6.45) is 1.37. The van der Waals surface area contributed by atoms with Gasteiger partial charge in [-0.3, -0.25) is 14.7 Å². The van der Waals surface area contributed by atoms with Gasteiger partial charge in [0, 0.05) is 30.3 Å². The van der Waals surface area contributed by atoms with E-state index >= 15 is 0 Å². The molecule has 4 rings (SSSR count). The first-order valence-corrected chi connectivity index (χ1v) is 10.3. The third kappa shape index (κ3) is 4.48. The molecule has 1 saturated heterocycles. The largest absolute Gasteiger partial charge is 0.349 e. The summed E-state index contributed by atoms with van der Waals surface area (Å²) in [4.78, 5) is 27.1. The molecule has 1 aromatic heterocycles. The van der Waals surface area contributed by atoms with Crippen LogP contribution in [0.25, 0.3) is 11.3 Å². The lowest BCUT2D eigenvalue weighted by Gasteiger charge is -2.32. The zero-order chi connectivity index (χ0) is 21.8. The quantitative estimate of drug-likeness (QED) is 0.685. The Labute approximate surface area is 180 Å². The fraction of sp³-hybridized carbons (Fsp3) is 0.250. The average Bonchev–Trinajstić information content (AvgIpc) is 3.29. The summed E-state index contributed by atoms with van der Waals surface area (Å²) in [5, 5.41) is 19.1. The highest BCUT2D eigenvalue weighted by Gasteiger charge is 2.26.